The van der Waals surface area contributed by atoms with Gasteiger partial charge in [0.15, 0.2) is 0 Å². The van der Waals surface area contributed by atoms with E-state index in [0.717, 1.165) is 11.1 Å². The summed E-state index contributed by atoms with van der Waals surface area (Å²) in [6.45, 7) is 8.59. The minimum absolute atomic E-state index is 0.198. The van der Waals surface area contributed by atoms with Crippen molar-refractivity contribution in [2.45, 2.75) is 56.3 Å². The van der Waals surface area contributed by atoms with Gasteiger partial charge < -0.3 is 24.1 Å². The number of hydrogen-bond donors (Lipinski definition) is 1. The molecule has 2 aromatic carbocycles. The fraction of sp³-hybridized carbons (Fsp3) is 0.417. The second-order valence-corrected chi connectivity index (χ2v) is 8.20. The maximum absolute atomic E-state index is 11.2. The summed E-state index contributed by atoms with van der Waals surface area (Å²) < 4.78 is 24.4. The Morgan fingerprint density at radius 3 is 2.14 bits per heavy atom. The topological polar surface area (TPSA) is 57.2 Å². The van der Waals surface area contributed by atoms with Crippen molar-refractivity contribution in [3.8, 4) is 0 Å². The molecule has 2 fully saturated rings. The number of aliphatic hydroxyl groups is 1. The van der Waals surface area contributed by atoms with E-state index in [4.69, 9.17) is 18.9 Å². The summed E-state index contributed by atoms with van der Waals surface area (Å²) in [5.41, 5.74) is 0.238. The Morgan fingerprint density at radius 2 is 1.59 bits per heavy atom. The smallest absolute Gasteiger partial charge is 0.225 e. The number of ether oxygens (including phenoxy) is 4. The third-order valence-electron chi connectivity index (χ3n) is 5.83. The molecule has 4 atom stereocenters. The molecule has 154 valence electrons. The molecule has 0 unspecified atom stereocenters. The van der Waals surface area contributed by atoms with Crippen LogP contribution in [0.4, 0.5) is 0 Å². The summed E-state index contributed by atoms with van der Waals surface area (Å²) in [7, 11) is 0. The number of rotatable bonds is 8. The highest BCUT2D eigenvalue weighted by Gasteiger charge is 2.76. The lowest BCUT2D eigenvalue weighted by atomic mass is 9.82. The third-order valence-corrected chi connectivity index (χ3v) is 5.83. The van der Waals surface area contributed by atoms with Gasteiger partial charge in [-0.15, -0.1) is 6.58 Å². The van der Waals surface area contributed by atoms with E-state index < -0.39 is 29.2 Å². The maximum Gasteiger partial charge on any atom is 0.225 e. The van der Waals surface area contributed by atoms with Gasteiger partial charge in [0.1, 0.15) is 23.4 Å². The molecule has 0 amide bonds. The van der Waals surface area contributed by atoms with Gasteiger partial charge in [-0.2, -0.15) is 0 Å². The fourth-order valence-electron chi connectivity index (χ4n) is 4.04. The Morgan fingerprint density at radius 1 is 1.00 bits per heavy atom. The van der Waals surface area contributed by atoms with Crippen molar-refractivity contribution in [3.05, 3.63) is 84.4 Å². The molecule has 2 aromatic rings. The molecule has 0 bridgehead atoms. The van der Waals surface area contributed by atoms with E-state index >= 15 is 0 Å². The highest BCUT2D eigenvalue weighted by atomic mass is 16.8. The normalized spacial score (nSPS) is 32.4. The van der Waals surface area contributed by atoms with Gasteiger partial charge in [-0.3, -0.25) is 0 Å². The third kappa shape index (κ3) is 3.54. The van der Waals surface area contributed by atoms with Gasteiger partial charge in [0.25, 0.3) is 0 Å². The lowest BCUT2D eigenvalue weighted by molar-refractivity contribution is -0.419. The van der Waals surface area contributed by atoms with E-state index in [1.54, 1.807) is 6.08 Å². The minimum Gasteiger partial charge on any atom is -0.373 e. The molecule has 0 spiro atoms. The van der Waals surface area contributed by atoms with Gasteiger partial charge in [-0.25, -0.2) is 0 Å². The molecule has 2 heterocycles. The predicted molar refractivity (Wildman–Crippen MR) is 109 cm³/mol. The fourth-order valence-corrected chi connectivity index (χ4v) is 4.04. The second-order valence-electron chi connectivity index (χ2n) is 8.20. The van der Waals surface area contributed by atoms with Gasteiger partial charge in [-0.05, 0) is 25.0 Å². The van der Waals surface area contributed by atoms with Crippen LogP contribution in [-0.4, -0.2) is 40.9 Å². The van der Waals surface area contributed by atoms with Crippen LogP contribution in [0, 0.1) is 0 Å². The van der Waals surface area contributed by atoms with Gasteiger partial charge in [0.05, 0.1) is 19.8 Å². The molecule has 2 aliphatic rings. The first-order valence-corrected chi connectivity index (χ1v) is 9.91. The van der Waals surface area contributed by atoms with E-state index in [1.165, 1.54) is 0 Å². The Bertz CT molecular complexity index is 837. The van der Waals surface area contributed by atoms with E-state index in [1.807, 2.05) is 74.5 Å². The monoisotopic (exact) mass is 396 g/mol. The van der Waals surface area contributed by atoms with Crippen LogP contribution in [0.3, 0.4) is 0 Å². The Labute approximate surface area is 171 Å². The Kier molecular flexibility index (Phi) is 5.36. The summed E-state index contributed by atoms with van der Waals surface area (Å²) in [5, 5.41) is 11.2. The van der Waals surface area contributed by atoms with Gasteiger partial charge in [0, 0.05) is 0 Å². The van der Waals surface area contributed by atoms with Crippen LogP contribution in [0.15, 0.2) is 73.3 Å². The molecule has 4 rings (SSSR count). The van der Waals surface area contributed by atoms with Crippen molar-refractivity contribution in [3.63, 3.8) is 0 Å². The molecule has 1 N–H and O–H groups in total. The van der Waals surface area contributed by atoms with Gasteiger partial charge in [0.2, 0.25) is 5.79 Å². The Balaban J connectivity index is 1.52. The average Bonchev–Trinajstić information content (AvgIpc) is 2.94. The molecule has 5 nitrogen and oxygen atoms in total. The molecule has 29 heavy (non-hydrogen) atoms. The molecule has 5 heteroatoms. The summed E-state index contributed by atoms with van der Waals surface area (Å²) >= 11 is 0. The van der Waals surface area contributed by atoms with Crippen LogP contribution in [0.1, 0.15) is 25.0 Å². The highest BCUT2D eigenvalue weighted by Crippen LogP contribution is 2.55. The Hall–Kier alpha value is -2.02. The first-order chi connectivity index (χ1) is 13.9. The highest BCUT2D eigenvalue weighted by molar-refractivity contribution is 5.23. The average molecular weight is 396 g/mol. The van der Waals surface area contributed by atoms with E-state index in [-0.39, 0.29) is 6.61 Å². The van der Waals surface area contributed by atoms with Gasteiger partial charge >= 0.3 is 0 Å². The zero-order valence-electron chi connectivity index (χ0n) is 16.9. The molecular weight excluding hydrogens is 368 g/mol. The first-order valence-electron chi connectivity index (χ1n) is 9.91. The SMILES string of the molecule is C=C[C@]1(COCc2ccccc2)O[C@]2(O)[C@H](OC2(C)C)[C@@H]1OCc1ccccc1. The summed E-state index contributed by atoms with van der Waals surface area (Å²) in [4.78, 5) is 0. The lowest BCUT2D eigenvalue weighted by Gasteiger charge is -2.53. The van der Waals surface area contributed by atoms with Crippen molar-refractivity contribution in [2.75, 3.05) is 6.61 Å². The van der Waals surface area contributed by atoms with Crippen LogP contribution in [0.25, 0.3) is 0 Å². The van der Waals surface area contributed by atoms with Crippen LogP contribution in [0.2, 0.25) is 0 Å². The van der Waals surface area contributed by atoms with Crippen molar-refractivity contribution in [2.24, 2.45) is 0 Å². The number of hydrogen-bond acceptors (Lipinski definition) is 5. The molecule has 0 radical (unpaired) electrons. The summed E-state index contributed by atoms with van der Waals surface area (Å²) in [6.07, 6.45) is 0.511. The molecule has 0 saturated carbocycles. The standard InChI is InChI=1S/C24H28O5/c1-4-23(17-26-15-18-11-7-5-8-12-18)20(27-16-19-13-9-6-10-14-19)21-24(25,29-23)22(2,3)28-21/h4-14,20-21,25H,1,15-17H2,2-3H3/t20-,21+,23+,24+/m0/s1. The second kappa shape index (κ2) is 7.67. The molecule has 2 aliphatic heterocycles. The van der Waals surface area contributed by atoms with Crippen molar-refractivity contribution in [1.29, 1.82) is 0 Å². The summed E-state index contributed by atoms with van der Waals surface area (Å²) in [5.74, 6) is -1.46. The van der Waals surface area contributed by atoms with Crippen molar-refractivity contribution in [1.82, 2.24) is 0 Å². The quantitative estimate of drug-likeness (QED) is 0.691. The van der Waals surface area contributed by atoms with E-state index in [9.17, 15) is 5.11 Å². The number of benzene rings is 2. The van der Waals surface area contributed by atoms with E-state index in [2.05, 4.69) is 6.58 Å². The lowest BCUT2D eigenvalue weighted by Crippen LogP contribution is -2.72. The first kappa shape index (κ1) is 20.3. The zero-order chi connectivity index (χ0) is 20.5. The molecule has 2 saturated heterocycles. The largest absolute Gasteiger partial charge is 0.373 e. The maximum atomic E-state index is 11.2. The van der Waals surface area contributed by atoms with Crippen molar-refractivity contribution < 1.29 is 24.1 Å². The van der Waals surface area contributed by atoms with Crippen LogP contribution in [-0.2, 0) is 32.2 Å². The van der Waals surface area contributed by atoms with E-state index in [0.29, 0.717) is 13.2 Å². The predicted octanol–water partition coefficient (Wildman–Crippen LogP) is 3.61. The number of fused-ring (bicyclic) bond motifs is 1. The molecule has 0 aliphatic carbocycles. The zero-order valence-corrected chi connectivity index (χ0v) is 16.9. The van der Waals surface area contributed by atoms with Crippen LogP contribution in [0.5, 0.6) is 0 Å². The molecule has 0 aromatic heterocycles. The van der Waals surface area contributed by atoms with Crippen LogP contribution >= 0.6 is 0 Å². The van der Waals surface area contributed by atoms with Crippen molar-refractivity contribution >= 4 is 0 Å². The van der Waals surface area contributed by atoms with Gasteiger partial charge in [-0.1, -0.05) is 66.7 Å². The summed E-state index contributed by atoms with van der Waals surface area (Å²) in [6, 6.07) is 19.8. The molecular formula is C24H28O5. The van der Waals surface area contributed by atoms with Crippen LogP contribution < -0.4 is 0 Å². The minimum atomic E-state index is -1.46.